The summed E-state index contributed by atoms with van der Waals surface area (Å²) in [5.74, 6) is 2.11. The van der Waals surface area contributed by atoms with E-state index in [1.165, 1.54) is 55.1 Å². The SMILES string of the molecule is c1ccc(-c2cc(-c3ccc(-c4cccc5c4oc4c6ccccc6c(-c6ccccc6)cc54)cc3)nc(-c3ccccc3)n2)cc1.c1ccc(-c2cc(-c3cccc(-c4cccc5c4oc4c6ccccc6c(-c6ccccc6)cc54)c3)nc(-c3ccccc3)n2)cc1.c1ccc(-c2cccc(-c3cc(-c4ccc(-c5cccc6c5oc5c7ccccc7c(-c7ccccc7)cc65)cc4)nc(-c4ccccc4)n3)c2)cc1. The number of furan rings is 3. The maximum atomic E-state index is 6.82. The van der Waals surface area contributed by atoms with Crippen molar-refractivity contribution in [2.45, 2.75) is 0 Å². The molecular weight excluding hydrogens is 1790 g/mol. The third-order valence-electron chi connectivity index (χ3n) is 27.9. The van der Waals surface area contributed by atoms with Crippen LogP contribution in [-0.4, -0.2) is 29.9 Å². The highest BCUT2D eigenvalue weighted by Gasteiger charge is 2.25. The van der Waals surface area contributed by atoms with Gasteiger partial charge in [0.05, 0.1) is 34.2 Å². The molecule has 0 radical (unpaired) electrons. The van der Waals surface area contributed by atoms with Gasteiger partial charge in [0.1, 0.15) is 33.5 Å². The average Bonchev–Trinajstić information content (AvgIpc) is 1.59. The Morgan fingerprint density at radius 2 is 0.293 bits per heavy atom. The first-order chi connectivity index (χ1) is 72.9. The zero-order valence-electron chi connectivity index (χ0n) is 79.7. The molecule has 0 aliphatic carbocycles. The van der Waals surface area contributed by atoms with Gasteiger partial charge in [-0.25, -0.2) is 29.9 Å². The molecule has 0 aliphatic rings. The lowest BCUT2D eigenvalue weighted by Gasteiger charge is -2.11. The van der Waals surface area contributed by atoms with Crippen LogP contribution in [0.15, 0.2) is 547 Å². The highest BCUT2D eigenvalue weighted by atomic mass is 16.3. The van der Waals surface area contributed by atoms with Gasteiger partial charge >= 0.3 is 0 Å². The fourth-order valence-corrected chi connectivity index (χ4v) is 20.7. The lowest BCUT2D eigenvalue weighted by Crippen LogP contribution is -1.96. The molecule has 0 unspecified atom stereocenters. The Labute approximate surface area is 848 Å². The molecular formula is C138H88N6O3. The topological polar surface area (TPSA) is 117 Å². The van der Waals surface area contributed by atoms with E-state index in [0.717, 1.165) is 205 Å². The van der Waals surface area contributed by atoms with E-state index in [0.29, 0.717) is 17.5 Å². The zero-order valence-corrected chi connectivity index (χ0v) is 79.7. The summed E-state index contributed by atoms with van der Waals surface area (Å²) < 4.78 is 20.4. The third kappa shape index (κ3) is 16.9. The maximum absolute atomic E-state index is 6.82. The largest absolute Gasteiger partial charge is 0.455 e. The van der Waals surface area contributed by atoms with Crippen LogP contribution in [0.3, 0.4) is 0 Å². The summed E-state index contributed by atoms with van der Waals surface area (Å²) in [5, 5.41) is 13.6. The van der Waals surface area contributed by atoms with E-state index >= 15 is 0 Å². The number of benzene rings is 22. The van der Waals surface area contributed by atoms with Gasteiger partial charge in [0, 0.05) is 115 Å². The lowest BCUT2D eigenvalue weighted by atomic mass is 9.94. The van der Waals surface area contributed by atoms with Gasteiger partial charge in [0.2, 0.25) is 0 Å². The first-order valence-corrected chi connectivity index (χ1v) is 49.6. The Morgan fingerprint density at radius 1 is 0.102 bits per heavy atom. The normalized spacial score (nSPS) is 11.4. The van der Waals surface area contributed by atoms with Crippen LogP contribution >= 0.6 is 0 Å². The Bertz CT molecular complexity index is 9680. The van der Waals surface area contributed by atoms with E-state index in [4.69, 9.17) is 43.2 Å². The summed E-state index contributed by atoms with van der Waals surface area (Å²) in [6.45, 7) is 0. The Hall–Kier alpha value is -19.7. The molecule has 9 heteroatoms. The Kier molecular flexibility index (Phi) is 22.8. The fraction of sp³-hybridized carbons (Fsp3) is 0. The van der Waals surface area contributed by atoms with Gasteiger partial charge in [-0.1, -0.05) is 485 Å². The fourth-order valence-electron chi connectivity index (χ4n) is 20.7. The number of hydrogen-bond donors (Lipinski definition) is 0. The average molecular weight is 1880 g/mol. The molecule has 0 spiro atoms. The minimum atomic E-state index is 0.696. The van der Waals surface area contributed by atoms with Crippen molar-refractivity contribution in [3.8, 4) is 180 Å². The zero-order chi connectivity index (χ0) is 97.5. The molecule has 6 heterocycles. The number of rotatable bonds is 16. The van der Waals surface area contributed by atoms with E-state index in [-0.39, 0.29) is 0 Å². The molecule has 0 bridgehead atoms. The summed E-state index contributed by atoms with van der Waals surface area (Å²) in [6, 6.07) is 186. The number of hydrogen-bond acceptors (Lipinski definition) is 9. The van der Waals surface area contributed by atoms with Crippen LogP contribution in [0.25, 0.3) is 278 Å². The molecule has 28 aromatic rings. The molecule has 147 heavy (non-hydrogen) atoms. The van der Waals surface area contributed by atoms with Gasteiger partial charge in [0.15, 0.2) is 17.5 Å². The van der Waals surface area contributed by atoms with Gasteiger partial charge in [-0.3, -0.25) is 0 Å². The van der Waals surface area contributed by atoms with E-state index in [1.807, 2.05) is 97.1 Å². The molecule has 688 valence electrons. The highest BCUT2D eigenvalue weighted by molar-refractivity contribution is 6.24. The quantitative estimate of drug-likeness (QED) is 0.0932. The summed E-state index contributed by atoms with van der Waals surface area (Å²) in [6.07, 6.45) is 0. The molecule has 0 atom stereocenters. The maximum Gasteiger partial charge on any atom is 0.160 e. The summed E-state index contributed by atoms with van der Waals surface area (Å²) >= 11 is 0. The molecule has 0 amide bonds. The molecule has 6 aromatic heterocycles. The van der Waals surface area contributed by atoms with Crippen LogP contribution in [0.2, 0.25) is 0 Å². The van der Waals surface area contributed by atoms with Crippen molar-refractivity contribution >= 4 is 98.1 Å². The van der Waals surface area contributed by atoms with Gasteiger partial charge in [-0.15, -0.1) is 0 Å². The van der Waals surface area contributed by atoms with Crippen molar-refractivity contribution in [2.75, 3.05) is 0 Å². The van der Waals surface area contributed by atoms with Crippen LogP contribution in [-0.2, 0) is 0 Å². The Balaban J connectivity index is 0.000000112. The molecule has 9 nitrogen and oxygen atoms in total. The molecule has 0 fully saturated rings. The van der Waals surface area contributed by atoms with Crippen LogP contribution in [0.1, 0.15) is 0 Å². The minimum absolute atomic E-state index is 0.696. The summed E-state index contributed by atoms with van der Waals surface area (Å²) in [7, 11) is 0. The summed E-state index contributed by atoms with van der Waals surface area (Å²) in [5.41, 5.74) is 35.8. The Morgan fingerprint density at radius 3 is 0.599 bits per heavy atom. The van der Waals surface area contributed by atoms with Crippen molar-refractivity contribution in [1.29, 1.82) is 0 Å². The van der Waals surface area contributed by atoms with Crippen LogP contribution in [0.5, 0.6) is 0 Å². The monoisotopic (exact) mass is 1880 g/mol. The predicted molar refractivity (Wildman–Crippen MR) is 607 cm³/mol. The van der Waals surface area contributed by atoms with Crippen LogP contribution in [0, 0.1) is 0 Å². The number of aromatic nitrogens is 6. The molecule has 22 aromatic carbocycles. The smallest absolute Gasteiger partial charge is 0.160 e. The van der Waals surface area contributed by atoms with E-state index in [9.17, 15) is 0 Å². The first kappa shape index (κ1) is 87.5. The van der Waals surface area contributed by atoms with Crippen molar-refractivity contribution in [3.05, 3.63) is 534 Å². The molecule has 0 aliphatic heterocycles. The summed E-state index contributed by atoms with van der Waals surface area (Å²) in [4.78, 5) is 30.2. The molecule has 28 rings (SSSR count). The first-order valence-electron chi connectivity index (χ1n) is 49.6. The number of nitrogens with zero attached hydrogens (tertiary/aromatic N) is 6. The standard InChI is InChI=1S/C50H32N2O.2C44H28N2O/c1-4-14-33(15-5-1)38-20-12-21-39(30-38)47-32-46(51-50(52-47)37-18-8-3-9-19-37)36-28-26-35(27-29-36)40-24-13-25-43-45-31-44(34-16-6-2-7-17-34)41-22-10-11-23-42(41)49(45)53-48(40)43;1-4-14-29(15-5-1)38-27-39-37-25-13-24-34(42(37)47-43(39)36-23-11-10-22-35(36)38)32-20-12-21-33(26-32)41-28-40(30-16-6-2-7-17-30)45-44(46-41)31-18-8-3-9-19-31;1-4-13-29(14-5-1)38-27-39-37-22-12-21-34(42(37)47-43(39)36-20-11-10-19-35(36)38)30-23-25-32(26-24-30)41-28-40(31-15-6-2-7-16-31)45-44(46-41)33-17-8-3-9-18-33/h1-32H;2*1-28H. The highest BCUT2D eigenvalue weighted by Crippen LogP contribution is 2.49. The molecule has 0 saturated carbocycles. The van der Waals surface area contributed by atoms with Gasteiger partial charge in [-0.05, 0) is 126 Å². The number of fused-ring (bicyclic) bond motifs is 15. The van der Waals surface area contributed by atoms with Crippen molar-refractivity contribution < 1.29 is 13.3 Å². The van der Waals surface area contributed by atoms with Crippen LogP contribution < -0.4 is 0 Å². The second kappa shape index (κ2) is 38.4. The third-order valence-corrected chi connectivity index (χ3v) is 27.9. The van der Waals surface area contributed by atoms with Gasteiger partial charge < -0.3 is 13.3 Å². The molecule has 0 N–H and O–H groups in total. The second-order valence-electron chi connectivity index (χ2n) is 36.9. The lowest BCUT2D eigenvalue weighted by molar-refractivity contribution is 0.673. The van der Waals surface area contributed by atoms with Crippen LogP contribution in [0.4, 0.5) is 0 Å². The molecule has 0 saturated heterocycles. The van der Waals surface area contributed by atoms with E-state index < -0.39 is 0 Å². The van der Waals surface area contributed by atoms with Crippen molar-refractivity contribution in [3.63, 3.8) is 0 Å². The van der Waals surface area contributed by atoms with E-state index in [2.05, 4.69) is 437 Å². The van der Waals surface area contributed by atoms with E-state index in [1.54, 1.807) is 0 Å². The van der Waals surface area contributed by atoms with Gasteiger partial charge in [-0.2, -0.15) is 0 Å². The second-order valence-corrected chi connectivity index (χ2v) is 36.9. The van der Waals surface area contributed by atoms with Crippen molar-refractivity contribution in [2.24, 2.45) is 0 Å². The number of para-hydroxylation sites is 3. The van der Waals surface area contributed by atoms with Crippen molar-refractivity contribution in [1.82, 2.24) is 29.9 Å². The van der Waals surface area contributed by atoms with Gasteiger partial charge in [0.25, 0.3) is 0 Å². The predicted octanol–water partition coefficient (Wildman–Crippen LogP) is 37.3. The minimum Gasteiger partial charge on any atom is -0.455 e.